The third kappa shape index (κ3) is 2.75. The van der Waals surface area contributed by atoms with Crippen LogP contribution in [-0.4, -0.2) is 44.5 Å². The zero-order valence-corrected chi connectivity index (χ0v) is 17.8. The summed E-state index contributed by atoms with van der Waals surface area (Å²) in [7, 11) is 1.75. The Morgan fingerprint density at radius 1 is 0.875 bits per heavy atom. The van der Waals surface area contributed by atoms with Crippen molar-refractivity contribution >= 4 is 22.9 Å². The number of nitrogens with one attached hydrogen (secondary N) is 2. The predicted molar refractivity (Wildman–Crippen MR) is 120 cm³/mol. The lowest BCUT2D eigenvalue weighted by Gasteiger charge is -2.47. The normalized spacial score (nSPS) is 24.1. The number of aliphatic hydroxyl groups excluding tert-OH is 3. The Hall–Kier alpha value is -3.40. The molecule has 0 saturated heterocycles. The van der Waals surface area contributed by atoms with Crippen LogP contribution in [0.5, 0.6) is 0 Å². The summed E-state index contributed by atoms with van der Waals surface area (Å²) in [4.78, 5) is 33.5. The molecule has 9 heteroatoms. The Morgan fingerprint density at radius 2 is 1.50 bits per heavy atom. The van der Waals surface area contributed by atoms with Crippen molar-refractivity contribution in [1.82, 2.24) is 9.97 Å². The van der Waals surface area contributed by atoms with Gasteiger partial charge in [-0.15, -0.1) is 0 Å². The van der Waals surface area contributed by atoms with E-state index >= 15 is 0 Å². The first kappa shape index (κ1) is 20.5. The van der Waals surface area contributed by atoms with Crippen molar-refractivity contribution in [2.75, 3.05) is 16.8 Å². The van der Waals surface area contributed by atoms with Crippen LogP contribution in [0, 0.1) is 13.8 Å². The molecule has 1 aliphatic heterocycles. The molecule has 0 spiro atoms. The number of rotatable bonds is 1. The lowest BCUT2D eigenvalue weighted by Crippen LogP contribution is -2.50. The first-order valence-electron chi connectivity index (χ1n) is 10.3. The monoisotopic (exact) mass is 436 g/mol. The van der Waals surface area contributed by atoms with Crippen molar-refractivity contribution in [3.63, 3.8) is 0 Å². The van der Waals surface area contributed by atoms with Gasteiger partial charge in [0.05, 0.1) is 17.4 Å². The highest BCUT2D eigenvalue weighted by atomic mass is 16.4. The number of anilines is 4. The fourth-order valence-corrected chi connectivity index (χ4v) is 4.79. The Morgan fingerprint density at radius 3 is 2.19 bits per heavy atom. The third-order valence-electron chi connectivity index (χ3n) is 6.59. The Bertz CT molecular complexity index is 1350. The number of aromatic amines is 2. The number of fused-ring (bicyclic) bond motifs is 3. The second-order valence-corrected chi connectivity index (χ2v) is 8.46. The van der Waals surface area contributed by atoms with E-state index < -0.39 is 35.6 Å². The van der Waals surface area contributed by atoms with Crippen molar-refractivity contribution < 1.29 is 15.3 Å². The first-order valence-corrected chi connectivity index (χ1v) is 10.3. The van der Waals surface area contributed by atoms with Gasteiger partial charge in [0.15, 0.2) is 0 Å². The molecule has 2 aliphatic rings. The maximum atomic E-state index is 13.1. The number of hydrogen-bond donors (Lipinski definition) is 5. The number of hydrogen-bond acceptors (Lipinski definition) is 7. The maximum Gasteiger partial charge on any atom is 0.327 e. The van der Waals surface area contributed by atoms with Crippen molar-refractivity contribution in [1.29, 1.82) is 0 Å². The average molecular weight is 436 g/mol. The van der Waals surface area contributed by atoms with E-state index in [2.05, 4.69) is 9.97 Å². The molecule has 5 N–H and O–H groups in total. The highest BCUT2D eigenvalue weighted by Gasteiger charge is 2.46. The lowest BCUT2D eigenvalue weighted by molar-refractivity contribution is -0.0796. The summed E-state index contributed by atoms with van der Waals surface area (Å²) < 4.78 is 0. The van der Waals surface area contributed by atoms with Crippen LogP contribution in [0.25, 0.3) is 0 Å². The molecule has 9 nitrogen and oxygen atoms in total. The highest BCUT2D eigenvalue weighted by molar-refractivity contribution is 5.92. The van der Waals surface area contributed by atoms with Gasteiger partial charge in [0.1, 0.15) is 29.8 Å². The second kappa shape index (κ2) is 7.06. The average Bonchev–Trinajstić information content (AvgIpc) is 2.76. The molecule has 1 aromatic heterocycles. The van der Waals surface area contributed by atoms with E-state index in [9.17, 15) is 24.9 Å². The largest absolute Gasteiger partial charge is 0.388 e. The van der Waals surface area contributed by atoms with Crippen LogP contribution in [0.3, 0.4) is 0 Å². The van der Waals surface area contributed by atoms with Crippen molar-refractivity contribution in [2.24, 2.45) is 0 Å². The van der Waals surface area contributed by atoms with E-state index in [0.29, 0.717) is 16.8 Å². The fraction of sp³-hybridized carbons (Fsp3) is 0.304. The predicted octanol–water partition coefficient (Wildman–Crippen LogP) is 1.41. The van der Waals surface area contributed by atoms with Crippen LogP contribution in [0.15, 0.2) is 46.0 Å². The van der Waals surface area contributed by atoms with Crippen molar-refractivity contribution in [3.8, 4) is 0 Å². The van der Waals surface area contributed by atoms with Gasteiger partial charge in [-0.05, 0) is 48.2 Å². The molecule has 32 heavy (non-hydrogen) atoms. The number of aliphatic hydroxyl groups is 3. The van der Waals surface area contributed by atoms with Gasteiger partial charge in [-0.25, -0.2) is 4.79 Å². The fourth-order valence-electron chi connectivity index (χ4n) is 4.79. The molecule has 1 aliphatic carbocycles. The topological polar surface area (TPSA) is 133 Å². The SMILES string of the molecule is Cc1cc2c(cc1C)N([C@H]1c3ccccc3[C@@H](O)[C@H](O)[C@@H]1O)c1c([nH]c(=O)[nH]c1=O)N2C. The van der Waals surface area contributed by atoms with E-state index in [1.165, 1.54) is 0 Å². The molecule has 0 amide bonds. The zero-order chi connectivity index (χ0) is 22.9. The summed E-state index contributed by atoms with van der Waals surface area (Å²) >= 11 is 0. The van der Waals surface area contributed by atoms with E-state index in [1.807, 2.05) is 26.0 Å². The summed E-state index contributed by atoms with van der Waals surface area (Å²) in [6.45, 7) is 3.92. The molecule has 3 aromatic rings. The first-order chi connectivity index (χ1) is 15.2. The lowest BCUT2D eigenvalue weighted by atomic mass is 9.80. The van der Waals surface area contributed by atoms with Gasteiger partial charge in [-0.2, -0.15) is 0 Å². The quantitative estimate of drug-likeness (QED) is 0.390. The minimum absolute atomic E-state index is 0.144. The molecule has 0 bridgehead atoms. The van der Waals surface area contributed by atoms with E-state index in [-0.39, 0.29) is 11.5 Å². The molecule has 0 saturated carbocycles. The van der Waals surface area contributed by atoms with Crippen LogP contribution < -0.4 is 21.0 Å². The molecule has 5 rings (SSSR count). The highest BCUT2D eigenvalue weighted by Crippen LogP contribution is 2.52. The van der Waals surface area contributed by atoms with Gasteiger partial charge in [0, 0.05) is 7.05 Å². The molecule has 0 fully saturated rings. The number of aryl methyl sites for hydroxylation is 2. The number of nitrogens with zero attached hydrogens (tertiary/aromatic N) is 2. The van der Waals surface area contributed by atoms with Gasteiger partial charge in [-0.1, -0.05) is 24.3 Å². The van der Waals surface area contributed by atoms with Crippen LogP contribution in [0.2, 0.25) is 0 Å². The van der Waals surface area contributed by atoms with Crippen LogP contribution >= 0.6 is 0 Å². The molecule has 0 unspecified atom stereocenters. The summed E-state index contributed by atoms with van der Waals surface area (Å²) in [6, 6.07) is 9.96. The number of benzene rings is 2. The van der Waals surface area contributed by atoms with E-state index in [4.69, 9.17) is 0 Å². The Balaban J connectivity index is 1.87. The summed E-state index contributed by atoms with van der Waals surface area (Å²) in [5.74, 6) is 0.278. The molecule has 166 valence electrons. The minimum atomic E-state index is -1.46. The Kier molecular flexibility index (Phi) is 4.52. The second-order valence-electron chi connectivity index (χ2n) is 8.46. The molecule has 2 heterocycles. The number of H-pyrrole nitrogens is 2. The van der Waals surface area contributed by atoms with Gasteiger partial charge in [0.2, 0.25) is 0 Å². The molecule has 2 aromatic carbocycles. The van der Waals surface area contributed by atoms with E-state index in [0.717, 1.165) is 16.8 Å². The summed E-state index contributed by atoms with van der Waals surface area (Å²) in [5.41, 5.74) is 3.31. The number of aromatic nitrogens is 2. The van der Waals surface area contributed by atoms with Gasteiger partial charge in [0.25, 0.3) is 5.56 Å². The Labute approximate surface area is 183 Å². The standard InChI is InChI=1S/C23H24N4O5/c1-10-8-14-15(9-11(10)2)27(17-21(26(14)3)24-23(32)25-22(17)31)16-12-6-4-5-7-13(12)18(28)20(30)19(16)29/h4-9,16,18-20,28-30H,1-3H3,(H2,24,25,31,32)/t16-,18+,19+,20-/m0/s1. The smallest absolute Gasteiger partial charge is 0.327 e. The van der Waals surface area contributed by atoms with Crippen molar-refractivity contribution in [2.45, 2.75) is 38.2 Å². The van der Waals surface area contributed by atoms with Crippen LogP contribution in [0.4, 0.5) is 22.9 Å². The van der Waals surface area contributed by atoms with Gasteiger partial charge < -0.3 is 25.1 Å². The summed E-state index contributed by atoms with van der Waals surface area (Å²) in [6.07, 6.45) is -4.13. The van der Waals surface area contributed by atoms with Gasteiger partial charge in [-0.3, -0.25) is 14.8 Å². The van der Waals surface area contributed by atoms with Crippen LogP contribution in [-0.2, 0) is 0 Å². The van der Waals surface area contributed by atoms with E-state index in [1.54, 1.807) is 41.1 Å². The van der Waals surface area contributed by atoms with Crippen molar-refractivity contribution in [3.05, 3.63) is 79.5 Å². The van der Waals surface area contributed by atoms with Crippen LogP contribution in [0.1, 0.15) is 34.4 Å². The summed E-state index contributed by atoms with van der Waals surface area (Å²) in [5, 5.41) is 32.4. The zero-order valence-electron chi connectivity index (χ0n) is 17.8. The third-order valence-corrected chi connectivity index (χ3v) is 6.59. The molecule has 4 atom stereocenters. The molecule has 0 radical (unpaired) electrons. The maximum absolute atomic E-state index is 13.1. The molecular weight excluding hydrogens is 412 g/mol. The van der Waals surface area contributed by atoms with Gasteiger partial charge >= 0.3 is 5.69 Å². The minimum Gasteiger partial charge on any atom is -0.388 e. The molecular formula is C23H24N4O5.